The lowest BCUT2D eigenvalue weighted by molar-refractivity contribution is -0.130. The highest BCUT2D eigenvalue weighted by Crippen LogP contribution is 2.45. The monoisotopic (exact) mass is 384 g/mol. The minimum atomic E-state index is -0.200. The fourth-order valence-electron chi connectivity index (χ4n) is 4.23. The Balaban J connectivity index is 1.51. The van der Waals surface area contributed by atoms with Gasteiger partial charge < -0.3 is 15.0 Å². The van der Waals surface area contributed by atoms with Gasteiger partial charge in [0.1, 0.15) is 0 Å². The van der Waals surface area contributed by atoms with Gasteiger partial charge in [-0.3, -0.25) is 9.59 Å². The number of benzene rings is 1. The van der Waals surface area contributed by atoms with Gasteiger partial charge >= 0.3 is 0 Å². The van der Waals surface area contributed by atoms with Crippen molar-refractivity contribution in [2.75, 3.05) is 31.6 Å². The van der Waals surface area contributed by atoms with Gasteiger partial charge in [0.2, 0.25) is 11.8 Å². The van der Waals surface area contributed by atoms with Crippen molar-refractivity contribution in [3.05, 3.63) is 52.7 Å². The minimum absolute atomic E-state index is 0.00882. The maximum atomic E-state index is 13.1. The van der Waals surface area contributed by atoms with Gasteiger partial charge in [-0.05, 0) is 36.4 Å². The molecule has 2 fully saturated rings. The van der Waals surface area contributed by atoms with E-state index in [4.69, 9.17) is 4.74 Å². The summed E-state index contributed by atoms with van der Waals surface area (Å²) in [6, 6.07) is 13.5. The third kappa shape index (κ3) is 3.92. The maximum absolute atomic E-state index is 13.1. The number of amides is 2. The quantitative estimate of drug-likeness (QED) is 0.881. The number of hydrogen-bond acceptors (Lipinski definition) is 4. The molecule has 1 atom stereocenters. The summed E-state index contributed by atoms with van der Waals surface area (Å²) < 4.78 is 5.55. The predicted molar refractivity (Wildman–Crippen MR) is 106 cm³/mol. The van der Waals surface area contributed by atoms with E-state index >= 15 is 0 Å². The molecule has 2 amide bonds. The number of anilines is 1. The van der Waals surface area contributed by atoms with Crippen LogP contribution in [-0.4, -0.2) is 43.0 Å². The van der Waals surface area contributed by atoms with E-state index in [1.54, 1.807) is 11.3 Å². The molecule has 0 bridgehead atoms. The second kappa shape index (κ2) is 7.82. The zero-order valence-corrected chi connectivity index (χ0v) is 16.0. The maximum Gasteiger partial charge on any atom is 0.229 e. The van der Waals surface area contributed by atoms with Gasteiger partial charge in [0.15, 0.2) is 0 Å². The van der Waals surface area contributed by atoms with Crippen LogP contribution in [0.2, 0.25) is 0 Å². The molecule has 0 aliphatic carbocycles. The van der Waals surface area contributed by atoms with E-state index in [0.29, 0.717) is 32.7 Å². The van der Waals surface area contributed by atoms with E-state index in [1.165, 1.54) is 0 Å². The number of para-hydroxylation sites is 1. The Morgan fingerprint density at radius 1 is 1.15 bits per heavy atom. The van der Waals surface area contributed by atoms with Gasteiger partial charge in [0, 0.05) is 42.3 Å². The van der Waals surface area contributed by atoms with Gasteiger partial charge in [-0.15, -0.1) is 11.3 Å². The summed E-state index contributed by atoms with van der Waals surface area (Å²) in [5, 5.41) is 5.03. The predicted octanol–water partition coefficient (Wildman–Crippen LogP) is 3.18. The molecule has 0 unspecified atom stereocenters. The van der Waals surface area contributed by atoms with Crippen molar-refractivity contribution in [2.24, 2.45) is 11.3 Å². The SMILES string of the molecule is O=C(Nc1ccccc1)[C@H]1CN(C(=O)Cc2cccs2)CC12CCOCC2. The van der Waals surface area contributed by atoms with Gasteiger partial charge in [-0.2, -0.15) is 0 Å². The van der Waals surface area contributed by atoms with Gasteiger partial charge in [0.05, 0.1) is 12.3 Å². The molecule has 2 aliphatic rings. The summed E-state index contributed by atoms with van der Waals surface area (Å²) >= 11 is 1.60. The first-order valence-electron chi connectivity index (χ1n) is 9.40. The lowest BCUT2D eigenvalue weighted by Gasteiger charge is -2.37. The molecule has 2 aromatic rings. The van der Waals surface area contributed by atoms with Crippen LogP contribution in [0.4, 0.5) is 5.69 Å². The topological polar surface area (TPSA) is 58.6 Å². The molecule has 5 nitrogen and oxygen atoms in total. The highest BCUT2D eigenvalue weighted by molar-refractivity contribution is 7.10. The van der Waals surface area contributed by atoms with Crippen molar-refractivity contribution < 1.29 is 14.3 Å². The molecule has 3 heterocycles. The second-order valence-electron chi connectivity index (χ2n) is 7.41. The Morgan fingerprint density at radius 2 is 1.93 bits per heavy atom. The van der Waals surface area contributed by atoms with E-state index in [0.717, 1.165) is 23.4 Å². The minimum Gasteiger partial charge on any atom is -0.381 e. The number of likely N-dealkylation sites (tertiary alicyclic amines) is 1. The number of hydrogen-bond donors (Lipinski definition) is 1. The van der Waals surface area contributed by atoms with E-state index in [-0.39, 0.29) is 23.1 Å². The molecule has 0 saturated carbocycles. The lowest BCUT2D eigenvalue weighted by Crippen LogP contribution is -2.42. The number of nitrogens with zero attached hydrogens (tertiary/aromatic N) is 1. The molecule has 1 aromatic heterocycles. The highest BCUT2D eigenvalue weighted by Gasteiger charge is 2.51. The molecule has 2 saturated heterocycles. The summed E-state index contributed by atoms with van der Waals surface area (Å²) in [7, 11) is 0. The summed E-state index contributed by atoms with van der Waals surface area (Å²) in [5.74, 6) is -0.0817. The standard InChI is InChI=1S/C21H24N2O3S/c24-19(13-17-7-4-12-27-17)23-14-18(21(15-23)8-10-26-11-9-21)20(25)22-16-5-2-1-3-6-16/h1-7,12,18H,8-11,13-15H2,(H,22,25)/t18-/m1/s1. The molecule has 2 aliphatic heterocycles. The number of thiophene rings is 1. The third-order valence-corrected chi connectivity index (χ3v) is 6.63. The summed E-state index contributed by atoms with van der Waals surface area (Å²) in [4.78, 5) is 28.9. The Bertz CT molecular complexity index is 785. The van der Waals surface area contributed by atoms with Crippen molar-refractivity contribution in [2.45, 2.75) is 19.3 Å². The van der Waals surface area contributed by atoms with Crippen molar-refractivity contribution in [1.29, 1.82) is 0 Å². The molecule has 1 spiro atoms. The van der Waals surface area contributed by atoms with Crippen molar-refractivity contribution >= 4 is 28.8 Å². The first-order chi connectivity index (χ1) is 13.2. The first-order valence-corrected chi connectivity index (χ1v) is 10.3. The smallest absolute Gasteiger partial charge is 0.229 e. The van der Waals surface area contributed by atoms with Crippen LogP contribution in [0.25, 0.3) is 0 Å². The van der Waals surface area contributed by atoms with Crippen LogP contribution in [0.3, 0.4) is 0 Å². The fourth-order valence-corrected chi connectivity index (χ4v) is 4.93. The van der Waals surface area contributed by atoms with Crippen LogP contribution >= 0.6 is 11.3 Å². The van der Waals surface area contributed by atoms with Gasteiger partial charge in [-0.25, -0.2) is 0 Å². The summed E-state index contributed by atoms with van der Waals surface area (Å²) in [5.41, 5.74) is 0.621. The molecule has 142 valence electrons. The van der Waals surface area contributed by atoms with Crippen LogP contribution in [0, 0.1) is 11.3 Å². The zero-order valence-electron chi connectivity index (χ0n) is 15.2. The Labute approximate surface area is 163 Å². The Kier molecular flexibility index (Phi) is 5.27. The van der Waals surface area contributed by atoms with Crippen LogP contribution in [0.5, 0.6) is 0 Å². The van der Waals surface area contributed by atoms with Crippen molar-refractivity contribution in [3.8, 4) is 0 Å². The highest BCUT2D eigenvalue weighted by atomic mass is 32.1. The average molecular weight is 385 g/mol. The van der Waals surface area contributed by atoms with Gasteiger partial charge in [-0.1, -0.05) is 24.3 Å². The van der Waals surface area contributed by atoms with Crippen molar-refractivity contribution in [3.63, 3.8) is 0 Å². The molecule has 1 aromatic carbocycles. The van der Waals surface area contributed by atoms with Gasteiger partial charge in [0.25, 0.3) is 0 Å². The van der Waals surface area contributed by atoms with Crippen LogP contribution in [0.1, 0.15) is 17.7 Å². The normalized spacial score (nSPS) is 21.3. The first kappa shape index (κ1) is 18.2. The number of ether oxygens (including phenoxy) is 1. The lowest BCUT2D eigenvalue weighted by atomic mass is 9.71. The van der Waals surface area contributed by atoms with E-state index in [9.17, 15) is 9.59 Å². The number of carbonyl (C=O) groups is 2. The van der Waals surface area contributed by atoms with E-state index in [2.05, 4.69) is 5.32 Å². The molecular weight excluding hydrogens is 360 g/mol. The summed E-state index contributed by atoms with van der Waals surface area (Å²) in [6.07, 6.45) is 2.06. The molecule has 6 heteroatoms. The second-order valence-corrected chi connectivity index (χ2v) is 8.45. The molecular formula is C21H24N2O3S. The molecule has 4 rings (SSSR count). The summed E-state index contributed by atoms with van der Waals surface area (Å²) in [6.45, 7) is 2.44. The van der Waals surface area contributed by atoms with E-state index in [1.807, 2.05) is 52.7 Å². The molecule has 1 N–H and O–H groups in total. The number of carbonyl (C=O) groups excluding carboxylic acids is 2. The average Bonchev–Trinajstić information content (AvgIpc) is 3.31. The van der Waals surface area contributed by atoms with E-state index < -0.39 is 0 Å². The van der Waals surface area contributed by atoms with Crippen LogP contribution in [-0.2, 0) is 20.7 Å². The fraction of sp³-hybridized carbons (Fsp3) is 0.429. The molecule has 27 heavy (non-hydrogen) atoms. The van der Waals surface area contributed by atoms with Crippen molar-refractivity contribution in [1.82, 2.24) is 4.90 Å². The number of rotatable bonds is 4. The Morgan fingerprint density at radius 3 is 2.63 bits per heavy atom. The van der Waals surface area contributed by atoms with Crippen LogP contribution in [0.15, 0.2) is 47.8 Å². The zero-order chi connectivity index (χ0) is 18.7. The van der Waals surface area contributed by atoms with Crippen LogP contribution < -0.4 is 5.32 Å². The largest absolute Gasteiger partial charge is 0.381 e. The number of nitrogens with one attached hydrogen (secondary N) is 1. The molecule has 0 radical (unpaired) electrons. The Hall–Kier alpha value is -2.18. The third-order valence-electron chi connectivity index (χ3n) is 5.75.